The van der Waals surface area contributed by atoms with Crippen LogP contribution in [0.2, 0.25) is 0 Å². The molecule has 1 aromatic carbocycles. The highest BCUT2D eigenvalue weighted by Gasteiger charge is 2.33. The van der Waals surface area contributed by atoms with Gasteiger partial charge in [0.15, 0.2) is 0 Å². The molecule has 1 aromatic heterocycles. The number of hydrogen-bond donors (Lipinski definition) is 0. The van der Waals surface area contributed by atoms with Crippen molar-refractivity contribution in [2.75, 3.05) is 6.54 Å². The van der Waals surface area contributed by atoms with Crippen molar-refractivity contribution in [3.05, 3.63) is 42.2 Å². The summed E-state index contributed by atoms with van der Waals surface area (Å²) in [7, 11) is -3.52. The third-order valence-corrected chi connectivity index (χ3v) is 6.89. The highest BCUT2D eigenvalue weighted by Crippen LogP contribution is 2.29. The normalized spacial score (nSPS) is 16.6. The van der Waals surface area contributed by atoms with E-state index in [1.165, 1.54) is 6.42 Å². The molecule has 24 heavy (non-hydrogen) atoms. The van der Waals surface area contributed by atoms with Gasteiger partial charge in [-0.2, -0.15) is 9.40 Å². The fraction of sp³-hybridized carbons (Fsp3) is 0.500. The topological polar surface area (TPSA) is 55.2 Å². The molecular weight excluding hydrogens is 322 g/mol. The molecule has 0 atom stereocenters. The lowest BCUT2D eigenvalue weighted by Crippen LogP contribution is -2.41. The summed E-state index contributed by atoms with van der Waals surface area (Å²) in [5.41, 5.74) is 1.41. The van der Waals surface area contributed by atoms with Gasteiger partial charge in [-0.25, -0.2) is 13.1 Å². The molecule has 1 aliphatic carbocycles. The van der Waals surface area contributed by atoms with Crippen LogP contribution in [0.1, 0.15) is 44.7 Å². The van der Waals surface area contributed by atoms with Crippen molar-refractivity contribution in [1.82, 2.24) is 14.1 Å². The zero-order chi connectivity index (χ0) is 17.2. The molecule has 0 saturated heterocycles. The van der Waals surface area contributed by atoms with Gasteiger partial charge in [0.1, 0.15) is 4.90 Å². The van der Waals surface area contributed by atoms with Crippen LogP contribution in [0.3, 0.4) is 0 Å². The first-order valence-electron chi connectivity index (χ1n) is 8.67. The molecule has 0 radical (unpaired) electrons. The monoisotopic (exact) mass is 347 g/mol. The summed E-state index contributed by atoms with van der Waals surface area (Å²) in [5, 5.41) is 4.42. The average Bonchev–Trinajstić information content (AvgIpc) is 3.00. The first-order valence-corrected chi connectivity index (χ1v) is 10.1. The van der Waals surface area contributed by atoms with E-state index in [2.05, 4.69) is 5.10 Å². The number of rotatable bonds is 5. The van der Waals surface area contributed by atoms with Crippen molar-refractivity contribution < 1.29 is 8.42 Å². The Bertz CT molecular complexity index is 778. The van der Waals surface area contributed by atoms with Gasteiger partial charge < -0.3 is 0 Å². The Morgan fingerprint density at radius 3 is 2.46 bits per heavy atom. The van der Waals surface area contributed by atoms with Crippen molar-refractivity contribution >= 4 is 10.0 Å². The van der Waals surface area contributed by atoms with E-state index in [4.69, 9.17) is 0 Å². The van der Waals surface area contributed by atoms with E-state index in [1.54, 1.807) is 22.1 Å². The molecule has 5 nitrogen and oxygen atoms in total. The van der Waals surface area contributed by atoms with E-state index in [0.717, 1.165) is 31.4 Å². The number of para-hydroxylation sites is 1. The first kappa shape index (κ1) is 17.2. The van der Waals surface area contributed by atoms with Gasteiger partial charge in [-0.15, -0.1) is 0 Å². The quantitative estimate of drug-likeness (QED) is 0.831. The zero-order valence-electron chi connectivity index (χ0n) is 14.4. The molecule has 0 amide bonds. The smallest absolute Gasteiger partial charge is 0.239 e. The van der Waals surface area contributed by atoms with Gasteiger partial charge in [-0.1, -0.05) is 44.4 Å². The Balaban J connectivity index is 1.95. The largest absolute Gasteiger partial charge is 0.246 e. The molecule has 1 heterocycles. The van der Waals surface area contributed by atoms with Crippen LogP contribution in [-0.4, -0.2) is 35.1 Å². The molecule has 0 aliphatic heterocycles. The highest BCUT2D eigenvalue weighted by atomic mass is 32.2. The molecule has 1 fully saturated rings. The Hall–Kier alpha value is -1.66. The number of benzene rings is 1. The van der Waals surface area contributed by atoms with Crippen molar-refractivity contribution in [1.29, 1.82) is 0 Å². The second-order valence-corrected chi connectivity index (χ2v) is 8.22. The first-order chi connectivity index (χ1) is 11.5. The van der Waals surface area contributed by atoms with Gasteiger partial charge in [-0.3, -0.25) is 0 Å². The van der Waals surface area contributed by atoms with Crippen LogP contribution < -0.4 is 0 Å². The van der Waals surface area contributed by atoms with Crippen molar-refractivity contribution in [2.24, 2.45) is 0 Å². The van der Waals surface area contributed by atoms with Crippen molar-refractivity contribution in [3.8, 4) is 5.69 Å². The van der Waals surface area contributed by atoms with Gasteiger partial charge in [0, 0.05) is 12.6 Å². The van der Waals surface area contributed by atoms with Crippen LogP contribution in [0, 0.1) is 6.92 Å². The summed E-state index contributed by atoms with van der Waals surface area (Å²) < 4.78 is 29.7. The van der Waals surface area contributed by atoms with Crippen molar-refractivity contribution in [3.63, 3.8) is 0 Å². The molecule has 3 rings (SSSR count). The molecule has 130 valence electrons. The molecule has 6 heteroatoms. The van der Waals surface area contributed by atoms with Crippen LogP contribution in [0.25, 0.3) is 5.69 Å². The highest BCUT2D eigenvalue weighted by molar-refractivity contribution is 7.89. The van der Waals surface area contributed by atoms with Gasteiger partial charge in [0.25, 0.3) is 0 Å². The minimum atomic E-state index is -3.52. The zero-order valence-corrected chi connectivity index (χ0v) is 15.2. The Kier molecular flexibility index (Phi) is 5.06. The van der Waals surface area contributed by atoms with E-state index in [0.29, 0.717) is 17.1 Å². The fourth-order valence-corrected chi connectivity index (χ4v) is 5.37. The number of sulfonamides is 1. The summed E-state index contributed by atoms with van der Waals surface area (Å²) in [4.78, 5) is 0.318. The number of aryl methyl sites for hydroxylation is 1. The standard InChI is InChI=1S/C18H25N3O2S/c1-3-21(17-12-8-5-9-13-17)24(22,23)18-14-20(19-15(18)2)16-10-6-4-7-11-16/h4,6-7,10-11,14,17H,3,5,8-9,12-13H2,1-2H3. The number of nitrogens with zero attached hydrogens (tertiary/aromatic N) is 3. The fourth-order valence-electron chi connectivity index (χ4n) is 3.53. The van der Waals surface area contributed by atoms with Gasteiger partial charge in [0.05, 0.1) is 17.6 Å². The Morgan fingerprint density at radius 1 is 1.17 bits per heavy atom. The van der Waals surface area contributed by atoms with E-state index < -0.39 is 10.0 Å². The van der Waals surface area contributed by atoms with E-state index in [9.17, 15) is 8.42 Å². The molecule has 2 aromatic rings. The molecular formula is C18H25N3O2S. The van der Waals surface area contributed by atoms with E-state index >= 15 is 0 Å². The lowest BCUT2D eigenvalue weighted by molar-refractivity contribution is 0.261. The Labute approximate surface area is 144 Å². The van der Waals surface area contributed by atoms with E-state index in [-0.39, 0.29) is 6.04 Å². The maximum atomic E-state index is 13.2. The van der Waals surface area contributed by atoms with Crippen LogP contribution >= 0.6 is 0 Å². The lowest BCUT2D eigenvalue weighted by Gasteiger charge is -2.32. The van der Waals surface area contributed by atoms with Crippen LogP contribution in [0.4, 0.5) is 0 Å². The SMILES string of the molecule is CCN(C1CCCCC1)S(=O)(=O)c1cn(-c2ccccc2)nc1C. The van der Waals surface area contributed by atoms with Gasteiger partial charge in [0.2, 0.25) is 10.0 Å². The van der Waals surface area contributed by atoms with Crippen LogP contribution in [0.5, 0.6) is 0 Å². The van der Waals surface area contributed by atoms with Crippen LogP contribution in [-0.2, 0) is 10.0 Å². The third-order valence-electron chi connectivity index (χ3n) is 4.75. The second kappa shape index (κ2) is 7.07. The van der Waals surface area contributed by atoms with Gasteiger partial charge in [-0.05, 0) is 31.9 Å². The lowest BCUT2D eigenvalue weighted by atomic mass is 9.95. The molecule has 0 unspecified atom stereocenters. The maximum absolute atomic E-state index is 13.2. The number of aromatic nitrogens is 2. The summed E-state index contributed by atoms with van der Waals surface area (Å²) in [6.07, 6.45) is 6.99. The summed E-state index contributed by atoms with van der Waals surface area (Å²) in [6, 6.07) is 9.72. The molecule has 0 bridgehead atoms. The minimum absolute atomic E-state index is 0.119. The maximum Gasteiger partial charge on any atom is 0.246 e. The van der Waals surface area contributed by atoms with E-state index in [1.807, 2.05) is 37.3 Å². The minimum Gasteiger partial charge on any atom is -0.239 e. The van der Waals surface area contributed by atoms with Gasteiger partial charge >= 0.3 is 0 Å². The van der Waals surface area contributed by atoms with Crippen LogP contribution in [0.15, 0.2) is 41.4 Å². The second-order valence-electron chi connectivity index (χ2n) is 6.36. The third kappa shape index (κ3) is 3.26. The molecule has 0 spiro atoms. The predicted molar refractivity (Wildman–Crippen MR) is 94.7 cm³/mol. The number of hydrogen-bond acceptors (Lipinski definition) is 3. The predicted octanol–water partition coefficient (Wildman–Crippen LogP) is 3.52. The van der Waals surface area contributed by atoms with Crippen molar-refractivity contribution in [2.45, 2.75) is 56.9 Å². The molecule has 0 N–H and O–H groups in total. The average molecular weight is 347 g/mol. The summed E-state index contributed by atoms with van der Waals surface area (Å²) in [5.74, 6) is 0. The summed E-state index contributed by atoms with van der Waals surface area (Å²) in [6.45, 7) is 4.19. The molecule has 1 saturated carbocycles. The summed E-state index contributed by atoms with van der Waals surface area (Å²) >= 11 is 0. The Morgan fingerprint density at radius 2 is 1.83 bits per heavy atom. The molecule has 1 aliphatic rings.